The minimum Gasteiger partial charge on any atom is -0.343 e. The number of rotatable bonds is 20. The smallest absolute Gasteiger partial charge is 0.263 e. The summed E-state index contributed by atoms with van der Waals surface area (Å²) in [6.07, 6.45) is 4.27. The molecule has 0 spiro atoms. The first kappa shape index (κ1) is 41.4. The van der Waals surface area contributed by atoms with Gasteiger partial charge < -0.3 is 27.8 Å². The number of hydrogen-bond donors (Lipinski definition) is 6. The molecule has 0 saturated heterocycles. The van der Waals surface area contributed by atoms with E-state index >= 15 is 0 Å². The number of thiazole rings is 3. The van der Waals surface area contributed by atoms with Crippen molar-refractivity contribution in [2.45, 2.75) is 124 Å². The van der Waals surface area contributed by atoms with Crippen LogP contribution in [0.2, 0.25) is 0 Å². The summed E-state index contributed by atoms with van der Waals surface area (Å²) in [4.78, 5) is 68.5. The third-order valence-corrected chi connectivity index (χ3v) is 11.2. The van der Waals surface area contributed by atoms with Crippen LogP contribution in [0.1, 0.15) is 153 Å². The predicted octanol–water partition coefficient (Wildman–Crippen LogP) is 4.59. The van der Waals surface area contributed by atoms with Gasteiger partial charge in [-0.3, -0.25) is 24.5 Å². The third kappa shape index (κ3) is 11.0. The van der Waals surface area contributed by atoms with E-state index in [0.29, 0.717) is 74.1 Å². The topological polar surface area (TPSA) is 221 Å². The van der Waals surface area contributed by atoms with Crippen LogP contribution in [-0.2, 0) is 11.2 Å². The van der Waals surface area contributed by atoms with Gasteiger partial charge >= 0.3 is 0 Å². The summed E-state index contributed by atoms with van der Waals surface area (Å²) in [5.41, 5.74) is 18.1. The molecule has 9 N–H and O–H groups in total. The maximum Gasteiger partial charge on any atom is 0.263 e. The molecule has 16 heteroatoms. The number of unbranched alkanes of at least 4 members (excludes halogenated alkanes) is 2. The fraction of sp³-hybridized carbons (Fsp3) is 0.618. The van der Waals surface area contributed by atoms with Crippen LogP contribution in [0.3, 0.4) is 0 Å². The van der Waals surface area contributed by atoms with Gasteiger partial charge in [0.1, 0.15) is 15.5 Å². The second kappa shape index (κ2) is 18.5. The molecule has 276 valence electrons. The van der Waals surface area contributed by atoms with Crippen LogP contribution in [0.25, 0.3) is 0 Å². The number of hydrogen-bond acceptors (Lipinski definition) is 14. The van der Waals surface area contributed by atoms with Crippen molar-refractivity contribution in [3.8, 4) is 0 Å². The highest BCUT2D eigenvalue weighted by molar-refractivity contribution is 7.14. The summed E-state index contributed by atoms with van der Waals surface area (Å²) in [5.74, 6) is -0.983. The van der Waals surface area contributed by atoms with E-state index in [0.717, 1.165) is 24.3 Å². The zero-order valence-corrected chi connectivity index (χ0v) is 32.8. The summed E-state index contributed by atoms with van der Waals surface area (Å²) < 4.78 is 0. The van der Waals surface area contributed by atoms with Gasteiger partial charge in [0.25, 0.3) is 11.8 Å². The standard InChI is InChI=1S/C34H53N9O4S3/c1-17(20(4)44)38-18(2)26-29(48-21(5)40-26)33(47)42-23(13-9-11-15-35)27-30(49-22(6)41-27)32(46)39-19(3)25-28(31(45)34(7,8)37)50-24(43-25)14-10-12-16-36/h17-19,23,38H,9-16,35-37H2,1-8H3,(H,39,46)(H,42,47)/t17?,18-,19-,23-/m0/s1. The molecular formula is C34H53N9O4S3. The van der Waals surface area contributed by atoms with Crippen molar-refractivity contribution in [1.82, 2.24) is 30.9 Å². The van der Waals surface area contributed by atoms with E-state index < -0.39 is 23.7 Å². The van der Waals surface area contributed by atoms with Crippen LogP contribution in [0, 0.1) is 13.8 Å². The highest BCUT2D eigenvalue weighted by Gasteiger charge is 2.33. The number of aromatic nitrogens is 3. The van der Waals surface area contributed by atoms with Crippen LogP contribution in [0.15, 0.2) is 0 Å². The second-order valence-corrected chi connectivity index (χ2v) is 16.7. The molecule has 0 aliphatic carbocycles. The van der Waals surface area contributed by atoms with Crippen LogP contribution in [0.4, 0.5) is 0 Å². The number of amides is 2. The number of ketones is 2. The van der Waals surface area contributed by atoms with Crippen molar-refractivity contribution < 1.29 is 19.2 Å². The van der Waals surface area contributed by atoms with E-state index in [1.54, 1.807) is 27.7 Å². The Morgan fingerprint density at radius 3 is 1.86 bits per heavy atom. The Labute approximate surface area is 307 Å². The minimum absolute atomic E-state index is 0.0161. The van der Waals surface area contributed by atoms with Crippen molar-refractivity contribution in [2.75, 3.05) is 13.1 Å². The van der Waals surface area contributed by atoms with Gasteiger partial charge in [0.05, 0.1) is 60.6 Å². The van der Waals surface area contributed by atoms with E-state index in [-0.39, 0.29) is 29.4 Å². The normalized spacial score (nSPS) is 14.2. The molecule has 0 aliphatic rings. The Morgan fingerprint density at radius 1 is 0.740 bits per heavy atom. The maximum absolute atomic E-state index is 14.0. The maximum atomic E-state index is 14.0. The lowest BCUT2D eigenvalue weighted by atomic mass is 9.97. The van der Waals surface area contributed by atoms with E-state index in [9.17, 15) is 19.2 Å². The predicted molar refractivity (Wildman–Crippen MR) is 201 cm³/mol. The molecule has 0 aliphatic heterocycles. The highest BCUT2D eigenvalue weighted by Crippen LogP contribution is 2.32. The summed E-state index contributed by atoms with van der Waals surface area (Å²) in [5, 5.41) is 11.6. The molecule has 2 amide bonds. The van der Waals surface area contributed by atoms with Crippen LogP contribution >= 0.6 is 34.0 Å². The molecule has 0 bridgehead atoms. The number of aryl methyl sites for hydroxylation is 3. The Morgan fingerprint density at radius 2 is 1.28 bits per heavy atom. The van der Waals surface area contributed by atoms with Gasteiger partial charge in [-0.25, -0.2) is 15.0 Å². The van der Waals surface area contributed by atoms with E-state index in [2.05, 4.69) is 20.9 Å². The first-order chi connectivity index (χ1) is 23.5. The Balaban J connectivity index is 1.93. The van der Waals surface area contributed by atoms with Gasteiger partial charge in [-0.1, -0.05) is 0 Å². The monoisotopic (exact) mass is 747 g/mol. The molecule has 50 heavy (non-hydrogen) atoms. The molecular weight excluding hydrogens is 695 g/mol. The molecule has 3 rings (SSSR count). The Hall–Kier alpha value is -2.99. The SMILES string of the molecule is CC(=O)C(C)N[C@@H](C)c1nc(C)sc1C(=O)N[C@@H](CCCCN)c1nc(C)sc1C(=O)N[C@@H](C)c1nc(CCCCN)sc1C(=O)C(C)(C)N. The highest BCUT2D eigenvalue weighted by atomic mass is 32.1. The number of carbonyl (C=O) groups is 4. The van der Waals surface area contributed by atoms with Gasteiger partial charge in [0.2, 0.25) is 0 Å². The third-order valence-electron chi connectivity index (χ3n) is 8.13. The fourth-order valence-corrected chi connectivity index (χ4v) is 8.40. The number of nitrogens with one attached hydrogen (secondary N) is 3. The Kier molecular flexibility index (Phi) is 15.3. The molecule has 3 aromatic heterocycles. The second-order valence-electron chi connectivity index (χ2n) is 13.2. The van der Waals surface area contributed by atoms with Gasteiger partial charge in [-0.15, -0.1) is 34.0 Å². The first-order valence-corrected chi connectivity index (χ1v) is 19.5. The molecule has 3 heterocycles. The summed E-state index contributed by atoms with van der Waals surface area (Å²) in [7, 11) is 0. The van der Waals surface area contributed by atoms with Gasteiger partial charge in [-0.05, 0) is 107 Å². The minimum atomic E-state index is -1.12. The van der Waals surface area contributed by atoms with Crippen LogP contribution < -0.4 is 33.2 Å². The number of carbonyl (C=O) groups excluding carboxylic acids is 4. The number of nitrogens with two attached hydrogens (primary N) is 3. The zero-order valence-electron chi connectivity index (χ0n) is 30.4. The molecule has 0 fully saturated rings. The lowest BCUT2D eigenvalue weighted by Gasteiger charge is -2.21. The van der Waals surface area contributed by atoms with Gasteiger partial charge in [-0.2, -0.15) is 0 Å². The van der Waals surface area contributed by atoms with E-state index in [1.165, 1.54) is 40.9 Å². The van der Waals surface area contributed by atoms with Gasteiger partial charge in [0.15, 0.2) is 5.78 Å². The summed E-state index contributed by atoms with van der Waals surface area (Å²) in [6.45, 7) is 15.0. The summed E-state index contributed by atoms with van der Waals surface area (Å²) >= 11 is 3.82. The zero-order chi connectivity index (χ0) is 37.3. The van der Waals surface area contributed by atoms with E-state index in [1.807, 2.05) is 20.8 Å². The molecule has 3 aromatic rings. The van der Waals surface area contributed by atoms with Crippen molar-refractivity contribution in [2.24, 2.45) is 17.2 Å². The van der Waals surface area contributed by atoms with Crippen molar-refractivity contribution in [3.05, 3.63) is 46.7 Å². The molecule has 0 saturated carbocycles. The largest absolute Gasteiger partial charge is 0.343 e. The summed E-state index contributed by atoms with van der Waals surface area (Å²) in [6, 6.07) is -1.96. The van der Waals surface area contributed by atoms with Crippen molar-refractivity contribution in [3.63, 3.8) is 0 Å². The average Bonchev–Trinajstić information content (AvgIpc) is 3.76. The molecule has 0 radical (unpaired) electrons. The van der Waals surface area contributed by atoms with Crippen molar-refractivity contribution in [1.29, 1.82) is 0 Å². The average molecular weight is 748 g/mol. The quantitative estimate of drug-likeness (QED) is 0.0693. The molecule has 0 aromatic carbocycles. The first-order valence-electron chi connectivity index (χ1n) is 17.0. The molecule has 1 unspecified atom stereocenters. The lowest BCUT2D eigenvalue weighted by Crippen LogP contribution is -2.42. The number of nitrogens with zero attached hydrogens (tertiary/aromatic N) is 3. The Bertz CT molecular complexity index is 1640. The molecule has 4 atom stereocenters. The van der Waals surface area contributed by atoms with Gasteiger partial charge in [0, 0.05) is 6.04 Å². The fourth-order valence-electron chi connectivity index (χ4n) is 5.29. The van der Waals surface area contributed by atoms with Crippen molar-refractivity contribution >= 4 is 57.4 Å². The lowest BCUT2D eigenvalue weighted by molar-refractivity contribution is -0.118. The number of Topliss-reactive ketones (excluding diaryl/α,β-unsaturated/α-hetero) is 2. The van der Waals surface area contributed by atoms with Crippen LogP contribution in [-0.4, -0.2) is 63.0 Å². The molecule has 13 nitrogen and oxygen atoms in total. The van der Waals surface area contributed by atoms with Crippen LogP contribution in [0.5, 0.6) is 0 Å². The van der Waals surface area contributed by atoms with E-state index in [4.69, 9.17) is 27.2 Å².